The number of hydrogen-bond donors (Lipinski definition) is 1. The number of aryl methyl sites for hydroxylation is 3. The lowest BCUT2D eigenvalue weighted by Crippen LogP contribution is -2.14. The van der Waals surface area contributed by atoms with Gasteiger partial charge in [-0.25, -0.2) is 4.98 Å². The van der Waals surface area contributed by atoms with E-state index in [1.807, 2.05) is 49.6 Å². The molecule has 7 heteroatoms. The Labute approximate surface area is 140 Å². The fourth-order valence-corrected chi connectivity index (χ4v) is 2.44. The summed E-state index contributed by atoms with van der Waals surface area (Å²) in [5, 5.41) is 11.2. The molecule has 0 aliphatic heterocycles. The van der Waals surface area contributed by atoms with Gasteiger partial charge < -0.3 is 9.88 Å². The van der Waals surface area contributed by atoms with Crippen molar-refractivity contribution in [2.45, 2.75) is 34.2 Å². The number of benzene rings is 1. The molecule has 1 aromatic carbocycles. The van der Waals surface area contributed by atoms with Gasteiger partial charge in [0, 0.05) is 17.1 Å². The molecule has 0 bridgehead atoms. The van der Waals surface area contributed by atoms with Crippen LogP contribution < -0.4 is 5.32 Å². The monoisotopic (exact) mass is 324 g/mol. The van der Waals surface area contributed by atoms with Gasteiger partial charge in [-0.05, 0) is 52.0 Å². The molecule has 0 saturated carbocycles. The Hall–Kier alpha value is -2.96. The molecule has 0 fully saturated rings. The van der Waals surface area contributed by atoms with E-state index in [-0.39, 0.29) is 5.91 Å². The maximum Gasteiger partial charge on any atom is 0.278 e. The van der Waals surface area contributed by atoms with Crippen molar-refractivity contribution in [2.75, 3.05) is 5.32 Å². The van der Waals surface area contributed by atoms with Crippen molar-refractivity contribution in [1.82, 2.24) is 24.5 Å². The molecule has 0 aliphatic rings. The maximum atomic E-state index is 12.3. The van der Waals surface area contributed by atoms with Gasteiger partial charge in [-0.1, -0.05) is 0 Å². The number of amides is 1. The van der Waals surface area contributed by atoms with Gasteiger partial charge in [0.05, 0.1) is 24.3 Å². The minimum Gasteiger partial charge on any atom is -0.321 e. The molecule has 2 heterocycles. The molecule has 0 unspecified atom stereocenters. The zero-order chi connectivity index (χ0) is 17.3. The van der Waals surface area contributed by atoms with E-state index in [2.05, 4.69) is 20.5 Å². The van der Waals surface area contributed by atoms with E-state index in [0.29, 0.717) is 23.6 Å². The topological polar surface area (TPSA) is 77.6 Å². The lowest BCUT2D eigenvalue weighted by Gasteiger charge is -2.08. The van der Waals surface area contributed by atoms with Gasteiger partial charge in [0.25, 0.3) is 5.91 Å². The van der Waals surface area contributed by atoms with Gasteiger partial charge in [-0.15, -0.1) is 5.10 Å². The zero-order valence-corrected chi connectivity index (χ0v) is 14.2. The van der Waals surface area contributed by atoms with Crippen LogP contribution in [0, 0.1) is 20.8 Å². The summed E-state index contributed by atoms with van der Waals surface area (Å²) in [4.78, 5) is 18.1. The lowest BCUT2D eigenvalue weighted by atomic mass is 10.2. The van der Waals surface area contributed by atoms with Gasteiger partial charge in [0.15, 0.2) is 5.69 Å². The Bertz CT molecular complexity index is 875. The highest BCUT2D eigenvalue weighted by Crippen LogP contribution is 2.17. The Balaban J connectivity index is 1.77. The Morgan fingerprint density at radius 2 is 1.79 bits per heavy atom. The van der Waals surface area contributed by atoms with E-state index in [9.17, 15) is 4.79 Å². The van der Waals surface area contributed by atoms with Crippen molar-refractivity contribution >= 4 is 11.6 Å². The van der Waals surface area contributed by atoms with Gasteiger partial charge >= 0.3 is 0 Å². The summed E-state index contributed by atoms with van der Waals surface area (Å²) in [5.41, 5.74) is 4.78. The first kappa shape index (κ1) is 15.9. The van der Waals surface area contributed by atoms with E-state index in [0.717, 1.165) is 17.1 Å². The molecular weight excluding hydrogens is 304 g/mol. The molecule has 0 radical (unpaired) electrons. The van der Waals surface area contributed by atoms with Crippen LogP contribution in [0.2, 0.25) is 0 Å². The summed E-state index contributed by atoms with van der Waals surface area (Å²) in [6, 6.07) is 7.61. The molecule has 124 valence electrons. The molecule has 7 nitrogen and oxygen atoms in total. The van der Waals surface area contributed by atoms with Crippen molar-refractivity contribution in [2.24, 2.45) is 0 Å². The highest BCUT2D eigenvalue weighted by Gasteiger charge is 2.15. The van der Waals surface area contributed by atoms with Crippen molar-refractivity contribution < 1.29 is 4.79 Å². The van der Waals surface area contributed by atoms with Crippen LogP contribution in [0.5, 0.6) is 0 Å². The van der Waals surface area contributed by atoms with Crippen LogP contribution in [0.3, 0.4) is 0 Å². The molecule has 2 aromatic heterocycles. The summed E-state index contributed by atoms with van der Waals surface area (Å²) in [5.74, 6) is -0.255. The molecule has 1 N–H and O–H groups in total. The fraction of sp³-hybridized carbons (Fsp3) is 0.294. The number of carbonyl (C=O) groups is 1. The number of aromatic nitrogens is 5. The van der Waals surface area contributed by atoms with Gasteiger partial charge in [0.1, 0.15) is 0 Å². The van der Waals surface area contributed by atoms with E-state index in [4.69, 9.17) is 0 Å². The number of carbonyl (C=O) groups excluding carboxylic acids is 1. The molecule has 0 aliphatic carbocycles. The third kappa shape index (κ3) is 2.92. The van der Waals surface area contributed by atoms with E-state index in [1.54, 1.807) is 13.3 Å². The highest BCUT2D eigenvalue weighted by atomic mass is 16.2. The van der Waals surface area contributed by atoms with Crippen molar-refractivity contribution in [1.29, 1.82) is 0 Å². The Kier molecular flexibility index (Phi) is 4.16. The van der Waals surface area contributed by atoms with E-state index in [1.165, 1.54) is 4.80 Å². The second-order valence-electron chi connectivity index (χ2n) is 5.61. The predicted molar refractivity (Wildman–Crippen MR) is 91.4 cm³/mol. The van der Waals surface area contributed by atoms with Crippen LogP contribution in [0.15, 0.2) is 30.6 Å². The second-order valence-corrected chi connectivity index (χ2v) is 5.61. The zero-order valence-electron chi connectivity index (χ0n) is 14.2. The van der Waals surface area contributed by atoms with E-state index >= 15 is 0 Å². The van der Waals surface area contributed by atoms with Crippen LogP contribution in [0.25, 0.3) is 5.69 Å². The SMILES string of the molecule is CCn1nc(C)c(C(=O)Nc2ccc(-n3cnc(C)c3C)cc2)n1. The minimum absolute atomic E-state index is 0.255. The second kappa shape index (κ2) is 6.27. The molecule has 3 rings (SSSR count). The van der Waals surface area contributed by atoms with Gasteiger partial charge in [-0.2, -0.15) is 9.90 Å². The molecular formula is C17H20N6O. The quantitative estimate of drug-likeness (QED) is 0.800. The Morgan fingerprint density at radius 1 is 1.08 bits per heavy atom. The average molecular weight is 324 g/mol. The predicted octanol–water partition coefficient (Wildman–Crippen LogP) is 2.66. The van der Waals surface area contributed by atoms with Gasteiger partial charge in [0.2, 0.25) is 0 Å². The van der Waals surface area contributed by atoms with Crippen LogP contribution in [0.4, 0.5) is 5.69 Å². The first-order chi connectivity index (χ1) is 11.5. The fourth-order valence-electron chi connectivity index (χ4n) is 2.44. The van der Waals surface area contributed by atoms with Crippen molar-refractivity contribution in [3.05, 3.63) is 53.4 Å². The molecule has 24 heavy (non-hydrogen) atoms. The van der Waals surface area contributed by atoms with Crippen molar-refractivity contribution in [3.63, 3.8) is 0 Å². The molecule has 0 spiro atoms. The van der Waals surface area contributed by atoms with Crippen LogP contribution in [-0.4, -0.2) is 30.5 Å². The first-order valence-electron chi connectivity index (χ1n) is 7.83. The molecule has 0 saturated heterocycles. The van der Waals surface area contributed by atoms with Crippen LogP contribution in [-0.2, 0) is 6.54 Å². The largest absolute Gasteiger partial charge is 0.321 e. The van der Waals surface area contributed by atoms with Gasteiger partial charge in [-0.3, -0.25) is 4.79 Å². The third-order valence-corrected chi connectivity index (χ3v) is 3.98. The van der Waals surface area contributed by atoms with Crippen LogP contribution in [0.1, 0.15) is 34.5 Å². The summed E-state index contributed by atoms with van der Waals surface area (Å²) >= 11 is 0. The standard InChI is InChI=1S/C17H20N6O/c1-5-23-20-12(3)16(21-23)17(24)19-14-6-8-15(9-7-14)22-10-18-11(2)13(22)4/h6-10H,5H2,1-4H3,(H,19,24). The Morgan fingerprint density at radius 3 is 2.33 bits per heavy atom. The number of nitrogens with zero attached hydrogens (tertiary/aromatic N) is 5. The third-order valence-electron chi connectivity index (χ3n) is 3.98. The first-order valence-corrected chi connectivity index (χ1v) is 7.83. The number of anilines is 1. The summed E-state index contributed by atoms with van der Waals surface area (Å²) in [6.07, 6.45) is 1.80. The summed E-state index contributed by atoms with van der Waals surface area (Å²) in [7, 11) is 0. The number of hydrogen-bond acceptors (Lipinski definition) is 4. The molecule has 1 amide bonds. The smallest absolute Gasteiger partial charge is 0.278 e. The maximum absolute atomic E-state index is 12.3. The molecule has 0 atom stereocenters. The number of imidazole rings is 1. The summed E-state index contributed by atoms with van der Waals surface area (Å²) in [6.45, 7) is 8.34. The minimum atomic E-state index is -0.255. The van der Waals surface area contributed by atoms with Crippen molar-refractivity contribution in [3.8, 4) is 5.69 Å². The number of nitrogens with one attached hydrogen (secondary N) is 1. The normalized spacial score (nSPS) is 10.8. The molecule has 3 aromatic rings. The summed E-state index contributed by atoms with van der Waals surface area (Å²) < 4.78 is 2.01. The van der Waals surface area contributed by atoms with Crippen LogP contribution >= 0.6 is 0 Å². The van der Waals surface area contributed by atoms with E-state index < -0.39 is 0 Å². The lowest BCUT2D eigenvalue weighted by molar-refractivity contribution is 0.102. The average Bonchev–Trinajstić information content (AvgIpc) is 3.12. The highest BCUT2D eigenvalue weighted by molar-refractivity contribution is 6.03. The number of rotatable bonds is 4.